The molecule has 2 nitrogen and oxygen atoms in total. The molecule has 1 fully saturated rings. The van der Waals surface area contributed by atoms with Crippen LogP contribution in [0.5, 0.6) is 0 Å². The molecule has 0 heterocycles. The summed E-state index contributed by atoms with van der Waals surface area (Å²) in [4.78, 5) is 0. The van der Waals surface area contributed by atoms with Gasteiger partial charge in [-0.05, 0) is 54.6 Å². The maximum Gasteiger partial charge on any atom is 0.0244 e. The second kappa shape index (κ2) is 6.28. The minimum atomic E-state index is 0.503. The fourth-order valence-corrected chi connectivity index (χ4v) is 4.34. The molecule has 0 aromatic heterocycles. The summed E-state index contributed by atoms with van der Waals surface area (Å²) in [5.41, 5.74) is 6.26. The summed E-state index contributed by atoms with van der Waals surface area (Å²) in [7, 11) is 0. The van der Waals surface area contributed by atoms with E-state index in [4.69, 9.17) is 5.84 Å². The topological polar surface area (TPSA) is 38.0 Å². The molecule has 0 bridgehead atoms. The van der Waals surface area contributed by atoms with Crippen molar-refractivity contribution in [2.24, 2.45) is 17.7 Å². The van der Waals surface area contributed by atoms with Crippen molar-refractivity contribution < 1.29 is 0 Å². The Labute approximate surface area is 123 Å². The van der Waals surface area contributed by atoms with Crippen LogP contribution < -0.4 is 11.3 Å². The Kier molecular flexibility index (Phi) is 4.42. The molecule has 1 aromatic rings. The lowest BCUT2D eigenvalue weighted by Gasteiger charge is -2.38. The predicted octanol–water partition coefficient (Wildman–Crippen LogP) is 3.76. The SMILES string of the molecule is CCC1CCCC(C(CC2Cc3ccccc32)NN)C1. The zero-order chi connectivity index (χ0) is 13.9. The Bertz CT molecular complexity index is 443. The molecule has 4 unspecified atom stereocenters. The van der Waals surface area contributed by atoms with E-state index in [1.807, 2.05) is 0 Å². The van der Waals surface area contributed by atoms with E-state index in [-0.39, 0.29) is 0 Å². The van der Waals surface area contributed by atoms with E-state index in [1.165, 1.54) is 44.9 Å². The smallest absolute Gasteiger partial charge is 0.0244 e. The van der Waals surface area contributed by atoms with Crippen LogP contribution >= 0.6 is 0 Å². The van der Waals surface area contributed by atoms with E-state index in [0.29, 0.717) is 6.04 Å². The highest BCUT2D eigenvalue weighted by molar-refractivity contribution is 5.39. The quantitative estimate of drug-likeness (QED) is 0.632. The number of fused-ring (bicyclic) bond motifs is 1. The third-order valence-electron chi connectivity index (χ3n) is 5.68. The number of hydrogen-bond acceptors (Lipinski definition) is 2. The summed E-state index contributed by atoms with van der Waals surface area (Å²) in [6.07, 6.45) is 9.35. The van der Waals surface area contributed by atoms with Crippen molar-refractivity contribution >= 4 is 0 Å². The van der Waals surface area contributed by atoms with Crippen molar-refractivity contribution in [2.45, 2.75) is 63.8 Å². The molecule has 4 atom stereocenters. The molecule has 2 heteroatoms. The highest BCUT2D eigenvalue weighted by Crippen LogP contribution is 2.41. The number of rotatable bonds is 5. The van der Waals surface area contributed by atoms with Crippen molar-refractivity contribution in [1.29, 1.82) is 0 Å². The standard InChI is InChI=1S/C18H28N2/c1-2-13-6-5-8-15(10-13)18(20-19)12-16-11-14-7-3-4-9-17(14)16/h3-4,7,9,13,15-16,18,20H,2,5-6,8,10-12,19H2,1H3. The number of hydrazine groups is 1. The highest BCUT2D eigenvalue weighted by atomic mass is 15.2. The van der Waals surface area contributed by atoms with Gasteiger partial charge in [0.25, 0.3) is 0 Å². The van der Waals surface area contributed by atoms with Crippen LogP contribution in [0.2, 0.25) is 0 Å². The minimum Gasteiger partial charge on any atom is -0.271 e. The molecule has 0 spiro atoms. The first-order valence-electron chi connectivity index (χ1n) is 8.35. The predicted molar refractivity (Wildman–Crippen MR) is 84.4 cm³/mol. The Hall–Kier alpha value is -0.860. The average Bonchev–Trinajstić information content (AvgIpc) is 2.48. The fourth-order valence-electron chi connectivity index (χ4n) is 4.34. The van der Waals surface area contributed by atoms with E-state index < -0.39 is 0 Å². The molecule has 3 N–H and O–H groups in total. The molecule has 0 saturated heterocycles. The molecule has 1 aromatic carbocycles. The van der Waals surface area contributed by atoms with Crippen LogP contribution in [0.4, 0.5) is 0 Å². The zero-order valence-electron chi connectivity index (χ0n) is 12.6. The number of hydrogen-bond donors (Lipinski definition) is 2. The van der Waals surface area contributed by atoms with E-state index >= 15 is 0 Å². The van der Waals surface area contributed by atoms with E-state index in [1.54, 1.807) is 11.1 Å². The second-order valence-electron chi connectivity index (χ2n) is 6.81. The highest BCUT2D eigenvalue weighted by Gasteiger charge is 2.33. The fraction of sp³-hybridized carbons (Fsp3) is 0.667. The van der Waals surface area contributed by atoms with Crippen LogP contribution in [0.25, 0.3) is 0 Å². The molecule has 0 aliphatic heterocycles. The molecular weight excluding hydrogens is 244 g/mol. The lowest BCUT2D eigenvalue weighted by Crippen LogP contribution is -2.44. The summed E-state index contributed by atoms with van der Waals surface area (Å²) in [6.45, 7) is 2.33. The van der Waals surface area contributed by atoms with Crippen LogP contribution in [-0.4, -0.2) is 6.04 Å². The van der Waals surface area contributed by atoms with Crippen molar-refractivity contribution in [3.8, 4) is 0 Å². The molecule has 3 rings (SSSR count). The molecule has 1 saturated carbocycles. The maximum atomic E-state index is 5.89. The molecule has 110 valence electrons. The van der Waals surface area contributed by atoms with Gasteiger partial charge in [0.2, 0.25) is 0 Å². The van der Waals surface area contributed by atoms with Gasteiger partial charge in [0.15, 0.2) is 0 Å². The van der Waals surface area contributed by atoms with Crippen molar-refractivity contribution in [2.75, 3.05) is 0 Å². The van der Waals surface area contributed by atoms with Gasteiger partial charge >= 0.3 is 0 Å². The molecule has 20 heavy (non-hydrogen) atoms. The summed E-state index contributed by atoms with van der Waals surface area (Å²) in [5.74, 6) is 8.33. The zero-order valence-corrected chi connectivity index (χ0v) is 12.6. The number of nitrogens with two attached hydrogens (primary N) is 1. The van der Waals surface area contributed by atoms with Gasteiger partial charge in [-0.2, -0.15) is 0 Å². The molecule has 2 aliphatic rings. The summed E-state index contributed by atoms with van der Waals surface area (Å²) in [6, 6.07) is 9.39. The summed E-state index contributed by atoms with van der Waals surface area (Å²) < 4.78 is 0. The first kappa shape index (κ1) is 14.1. The van der Waals surface area contributed by atoms with Gasteiger partial charge in [0, 0.05) is 6.04 Å². The maximum absolute atomic E-state index is 5.89. The van der Waals surface area contributed by atoms with Gasteiger partial charge in [0.1, 0.15) is 0 Å². The lowest BCUT2D eigenvalue weighted by atomic mass is 9.70. The van der Waals surface area contributed by atoms with Crippen LogP contribution in [0.3, 0.4) is 0 Å². The van der Waals surface area contributed by atoms with Crippen molar-refractivity contribution in [1.82, 2.24) is 5.43 Å². The molecular formula is C18H28N2. The molecule has 0 amide bonds. The van der Waals surface area contributed by atoms with E-state index in [0.717, 1.165) is 17.8 Å². The number of nitrogens with one attached hydrogen (secondary N) is 1. The van der Waals surface area contributed by atoms with Crippen molar-refractivity contribution in [3.63, 3.8) is 0 Å². The first-order valence-corrected chi connectivity index (χ1v) is 8.35. The Morgan fingerprint density at radius 2 is 2.15 bits per heavy atom. The van der Waals surface area contributed by atoms with Gasteiger partial charge in [-0.3, -0.25) is 11.3 Å². The van der Waals surface area contributed by atoms with E-state index in [2.05, 4.69) is 36.6 Å². The average molecular weight is 272 g/mol. The minimum absolute atomic E-state index is 0.503. The van der Waals surface area contributed by atoms with Crippen LogP contribution in [0.1, 0.15) is 62.5 Å². The third-order valence-corrected chi connectivity index (χ3v) is 5.68. The van der Waals surface area contributed by atoms with Crippen molar-refractivity contribution in [3.05, 3.63) is 35.4 Å². The van der Waals surface area contributed by atoms with Gasteiger partial charge in [-0.15, -0.1) is 0 Å². The van der Waals surface area contributed by atoms with Gasteiger partial charge in [0.05, 0.1) is 0 Å². The summed E-state index contributed by atoms with van der Waals surface area (Å²) in [5, 5.41) is 0. The van der Waals surface area contributed by atoms with E-state index in [9.17, 15) is 0 Å². The lowest BCUT2D eigenvalue weighted by molar-refractivity contribution is 0.194. The first-order chi connectivity index (χ1) is 9.81. The Morgan fingerprint density at radius 1 is 1.30 bits per heavy atom. The molecule has 2 aliphatic carbocycles. The largest absolute Gasteiger partial charge is 0.271 e. The Balaban J connectivity index is 1.61. The Morgan fingerprint density at radius 3 is 2.90 bits per heavy atom. The second-order valence-corrected chi connectivity index (χ2v) is 6.81. The van der Waals surface area contributed by atoms with Crippen LogP contribution in [0, 0.1) is 11.8 Å². The normalized spacial score (nSPS) is 30.4. The van der Waals surface area contributed by atoms with Gasteiger partial charge in [-0.25, -0.2) is 0 Å². The van der Waals surface area contributed by atoms with Crippen LogP contribution in [0.15, 0.2) is 24.3 Å². The van der Waals surface area contributed by atoms with Gasteiger partial charge < -0.3 is 0 Å². The number of benzene rings is 1. The van der Waals surface area contributed by atoms with Gasteiger partial charge in [-0.1, -0.05) is 50.5 Å². The van der Waals surface area contributed by atoms with Crippen LogP contribution in [-0.2, 0) is 6.42 Å². The monoisotopic (exact) mass is 272 g/mol. The summed E-state index contributed by atoms with van der Waals surface area (Å²) >= 11 is 0. The third kappa shape index (κ3) is 2.77. The molecule has 0 radical (unpaired) electrons.